The van der Waals surface area contributed by atoms with Crippen LogP contribution in [0, 0.1) is 11.7 Å². The van der Waals surface area contributed by atoms with E-state index in [0.717, 1.165) is 6.07 Å². The van der Waals surface area contributed by atoms with Crippen molar-refractivity contribution < 1.29 is 37.7 Å². The van der Waals surface area contributed by atoms with Gasteiger partial charge in [0, 0.05) is 23.6 Å². The molecule has 1 N–H and O–H groups in total. The molecule has 166 valence electrons. The number of anilines is 1. The third-order valence-electron chi connectivity index (χ3n) is 4.33. The van der Waals surface area contributed by atoms with E-state index in [2.05, 4.69) is 5.32 Å². The van der Waals surface area contributed by atoms with Gasteiger partial charge in [0.05, 0.1) is 32.6 Å². The molecule has 0 aliphatic carbocycles. The van der Waals surface area contributed by atoms with Gasteiger partial charge >= 0.3 is 5.97 Å². The summed E-state index contributed by atoms with van der Waals surface area (Å²) in [6, 6.07) is 6.44. The van der Waals surface area contributed by atoms with Gasteiger partial charge in [0.2, 0.25) is 5.91 Å². The smallest absolute Gasteiger partial charge is 0.340 e. The van der Waals surface area contributed by atoms with E-state index in [-0.39, 0.29) is 40.1 Å². The van der Waals surface area contributed by atoms with Gasteiger partial charge < -0.3 is 24.3 Å². The molecule has 0 saturated carbocycles. The average Bonchev–Trinajstić information content (AvgIpc) is 2.76. The maximum Gasteiger partial charge on any atom is 0.340 e. The van der Waals surface area contributed by atoms with E-state index in [1.54, 1.807) is 13.8 Å². The van der Waals surface area contributed by atoms with E-state index in [9.17, 15) is 18.8 Å². The van der Waals surface area contributed by atoms with Crippen LogP contribution in [0.15, 0.2) is 30.3 Å². The van der Waals surface area contributed by atoms with Gasteiger partial charge in [0.15, 0.2) is 35.5 Å². The molecule has 9 heteroatoms. The normalized spacial score (nSPS) is 10.4. The molecule has 0 aliphatic heterocycles. The zero-order valence-corrected chi connectivity index (χ0v) is 17.9. The molecule has 0 fully saturated rings. The van der Waals surface area contributed by atoms with Gasteiger partial charge in [-0.15, -0.1) is 0 Å². The summed E-state index contributed by atoms with van der Waals surface area (Å²) < 4.78 is 34.1. The highest BCUT2D eigenvalue weighted by molar-refractivity contribution is 6.04. The molecular formula is C22H24FNO7. The largest absolute Gasteiger partial charge is 0.494 e. The molecule has 2 aromatic rings. The van der Waals surface area contributed by atoms with Gasteiger partial charge in [0.25, 0.3) is 0 Å². The highest BCUT2D eigenvalue weighted by atomic mass is 19.1. The zero-order valence-electron chi connectivity index (χ0n) is 17.9. The van der Waals surface area contributed by atoms with Crippen LogP contribution in [-0.4, -0.2) is 45.6 Å². The van der Waals surface area contributed by atoms with E-state index in [4.69, 9.17) is 18.9 Å². The summed E-state index contributed by atoms with van der Waals surface area (Å²) >= 11 is 0. The molecule has 8 nitrogen and oxygen atoms in total. The van der Waals surface area contributed by atoms with Crippen molar-refractivity contribution in [3.8, 4) is 17.2 Å². The van der Waals surface area contributed by atoms with Crippen LogP contribution >= 0.6 is 0 Å². The third-order valence-corrected chi connectivity index (χ3v) is 4.33. The second-order valence-corrected chi connectivity index (χ2v) is 6.75. The summed E-state index contributed by atoms with van der Waals surface area (Å²) in [5.74, 6) is -2.34. The number of carbonyl (C=O) groups excluding carboxylic acids is 3. The molecule has 0 spiro atoms. The lowest BCUT2D eigenvalue weighted by Crippen LogP contribution is -2.21. The van der Waals surface area contributed by atoms with Crippen LogP contribution in [0.1, 0.15) is 34.6 Å². The number of esters is 1. The number of Topliss-reactive ketones (excluding diaryl/α,β-unsaturated/α-hetero) is 1. The Morgan fingerprint density at radius 3 is 2.10 bits per heavy atom. The molecular weight excluding hydrogens is 409 g/mol. The number of hydrogen-bond acceptors (Lipinski definition) is 7. The predicted octanol–water partition coefficient (Wildman–Crippen LogP) is 3.49. The van der Waals surface area contributed by atoms with Crippen LogP contribution in [0.4, 0.5) is 10.1 Å². The second kappa shape index (κ2) is 10.4. The monoisotopic (exact) mass is 433 g/mol. The quantitative estimate of drug-likeness (QED) is 0.477. The number of nitrogens with one attached hydrogen (secondary N) is 1. The molecule has 0 aliphatic rings. The fourth-order valence-corrected chi connectivity index (χ4v) is 2.56. The molecule has 2 aromatic carbocycles. The van der Waals surface area contributed by atoms with Crippen LogP contribution in [0.5, 0.6) is 17.2 Å². The fourth-order valence-electron chi connectivity index (χ4n) is 2.56. The van der Waals surface area contributed by atoms with Gasteiger partial charge in [-0.25, -0.2) is 9.18 Å². The van der Waals surface area contributed by atoms with Crippen LogP contribution < -0.4 is 19.5 Å². The highest BCUT2D eigenvalue weighted by Crippen LogP contribution is 2.34. The molecule has 0 atom stereocenters. The van der Waals surface area contributed by atoms with Crippen molar-refractivity contribution in [2.45, 2.75) is 13.8 Å². The van der Waals surface area contributed by atoms with Crippen molar-refractivity contribution >= 4 is 23.3 Å². The Bertz CT molecular complexity index is 988. The SMILES string of the molecule is COc1ccc(C(=O)COC(=O)c2cc(OC)c(OC)cc2NC(=O)C(C)C)cc1F. The number of amides is 1. The van der Waals surface area contributed by atoms with E-state index in [1.165, 1.54) is 45.6 Å². The number of hydrogen-bond donors (Lipinski definition) is 1. The summed E-state index contributed by atoms with van der Waals surface area (Å²) in [7, 11) is 4.11. The minimum atomic E-state index is -0.873. The standard InChI is InChI=1S/C22H24FNO7/c1-12(2)21(26)24-16-10-20(30-5)19(29-4)9-14(16)22(27)31-11-17(25)13-6-7-18(28-3)15(23)8-13/h6-10,12H,11H2,1-5H3,(H,24,26). The van der Waals surface area contributed by atoms with E-state index >= 15 is 0 Å². The first-order valence-corrected chi connectivity index (χ1v) is 9.32. The second-order valence-electron chi connectivity index (χ2n) is 6.75. The highest BCUT2D eigenvalue weighted by Gasteiger charge is 2.22. The zero-order chi connectivity index (χ0) is 23.1. The number of rotatable bonds is 9. The minimum Gasteiger partial charge on any atom is -0.494 e. The number of ether oxygens (including phenoxy) is 4. The lowest BCUT2D eigenvalue weighted by molar-refractivity contribution is -0.118. The van der Waals surface area contributed by atoms with Gasteiger partial charge in [-0.1, -0.05) is 13.8 Å². The molecule has 31 heavy (non-hydrogen) atoms. The average molecular weight is 433 g/mol. The summed E-state index contributed by atoms with van der Waals surface area (Å²) in [5.41, 5.74) is 0.136. The maximum absolute atomic E-state index is 13.8. The van der Waals surface area contributed by atoms with E-state index in [0.29, 0.717) is 5.75 Å². The summed E-state index contributed by atoms with van der Waals surface area (Å²) in [4.78, 5) is 37.1. The molecule has 0 unspecified atom stereocenters. The van der Waals surface area contributed by atoms with E-state index in [1.807, 2.05) is 0 Å². The number of benzene rings is 2. The lowest BCUT2D eigenvalue weighted by Gasteiger charge is -2.16. The molecule has 2 rings (SSSR count). The number of carbonyl (C=O) groups is 3. The van der Waals surface area contributed by atoms with Gasteiger partial charge in [0.1, 0.15) is 0 Å². The Kier molecular flexibility index (Phi) is 7.95. The predicted molar refractivity (Wildman–Crippen MR) is 111 cm³/mol. The Morgan fingerprint density at radius 2 is 1.55 bits per heavy atom. The molecule has 0 saturated heterocycles. The summed E-state index contributed by atoms with van der Waals surface area (Å²) in [5, 5.41) is 2.63. The number of halogens is 1. The van der Waals surface area contributed by atoms with Crippen LogP contribution in [-0.2, 0) is 9.53 Å². The Labute approximate surface area is 179 Å². The Balaban J connectivity index is 2.25. The Morgan fingerprint density at radius 1 is 0.935 bits per heavy atom. The van der Waals surface area contributed by atoms with Crippen LogP contribution in [0.2, 0.25) is 0 Å². The molecule has 0 aromatic heterocycles. The topological polar surface area (TPSA) is 100 Å². The van der Waals surface area contributed by atoms with Crippen molar-refractivity contribution in [1.29, 1.82) is 0 Å². The van der Waals surface area contributed by atoms with Crippen molar-refractivity contribution in [1.82, 2.24) is 0 Å². The maximum atomic E-state index is 13.8. The van der Waals surface area contributed by atoms with Crippen LogP contribution in [0.3, 0.4) is 0 Å². The fraction of sp³-hybridized carbons (Fsp3) is 0.318. The van der Waals surface area contributed by atoms with Crippen molar-refractivity contribution in [3.05, 3.63) is 47.3 Å². The summed E-state index contributed by atoms with van der Waals surface area (Å²) in [6.45, 7) is 2.76. The third kappa shape index (κ3) is 5.71. The molecule has 0 heterocycles. The first-order chi connectivity index (χ1) is 14.7. The summed E-state index contributed by atoms with van der Waals surface area (Å²) in [6.07, 6.45) is 0. The first-order valence-electron chi connectivity index (χ1n) is 9.32. The lowest BCUT2D eigenvalue weighted by atomic mass is 10.1. The number of methoxy groups -OCH3 is 3. The van der Waals surface area contributed by atoms with Gasteiger partial charge in [-0.2, -0.15) is 0 Å². The molecule has 1 amide bonds. The van der Waals surface area contributed by atoms with Crippen molar-refractivity contribution in [2.24, 2.45) is 5.92 Å². The molecule has 0 radical (unpaired) electrons. The number of ketones is 1. The van der Waals surface area contributed by atoms with Crippen molar-refractivity contribution in [2.75, 3.05) is 33.3 Å². The van der Waals surface area contributed by atoms with Gasteiger partial charge in [-0.3, -0.25) is 9.59 Å². The van der Waals surface area contributed by atoms with E-state index < -0.39 is 24.2 Å². The van der Waals surface area contributed by atoms with Gasteiger partial charge in [-0.05, 0) is 18.2 Å². The van der Waals surface area contributed by atoms with Crippen molar-refractivity contribution in [3.63, 3.8) is 0 Å². The molecule has 0 bridgehead atoms. The first kappa shape index (κ1) is 23.7. The van der Waals surface area contributed by atoms with Crippen LogP contribution in [0.25, 0.3) is 0 Å². The minimum absolute atomic E-state index is 0.00981. The Hall–Kier alpha value is -3.62.